The summed E-state index contributed by atoms with van der Waals surface area (Å²) in [6, 6.07) is 0. The van der Waals surface area contributed by atoms with Crippen LogP contribution >= 0.6 is 23.2 Å². The fraction of sp³-hybridized carbons (Fsp3) is 0.571. The second-order valence-corrected chi connectivity index (χ2v) is 6.26. The Labute approximate surface area is 151 Å². The largest absolute Gasteiger partial charge is 0.490 e. The molecule has 2 heterocycles. The Morgan fingerprint density at radius 2 is 1.84 bits per heavy atom. The monoisotopic (exact) mass is 404 g/mol. The SMILES string of the molecule is Cc1[nH]c(C(=O)C[C@@H]2CCNC[C@H]2O)c(Cl)c1Cl.O=C(O)C(F)(F)F. The van der Waals surface area contributed by atoms with E-state index in [2.05, 4.69) is 10.3 Å². The number of aromatic amines is 1. The van der Waals surface area contributed by atoms with Gasteiger partial charge in [0.2, 0.25) is 0 Å². The summed E-state index contributed by atoms with van der Waals surface area (Å²) in [6.45, 7) is 3.13. The first kappa shape index (κ1) is 21.8. The number of aliphatic carboxylic acids is 1. The molecule has 1 aromatic rings. The maximum absolute atomic E-state index is 12.1. The van der Waals surface area contributed by atoms with E-state index in [9.17, 15) is 23.1 Å². The van der Waals surface area contributed by atoms with Gasteiger partial charge in [-0.3, -0.25) is 4.79 Å². The minimum Gasteiger partial charge on any atom is -0.475 e. The van der Waals surface area contributed by atoms with Crippen LogP contribution < -0.4 is 5.32 Å². The Bertz CT molecular complexity index is 634. The summed E-state index contributed by atoms with van der Waals surface area (Å²) in [4.78, 5) is 23.9. The lowest BCUT2D eigenvalue weighted by Gasteiger charge is -2.27. The maximum Gasteiger partial charge on any atom is 0.490 e. The van der Waals surface area contributed by atoms with Crippen molar-refractivity contribution in [3.05, 3.63) is 21.4 Å². The minimum atomic E-state index is -5.08. The number of carboxylic acid groups (broad SMARTS) is 1. The summed E-state index contributed by atoms with van der Waals surface area (Å²) in [7, 11) is 0. The Morgan fingerprint density at radius 3 is 2.24 bits per heavy atom. The molecule has 1 aliphatic rings. The number of piperidine rings is 1. The zero-order chi connectivity index (χ0) is 19.4. The number of carboxylic acids is 1. The third-order valence-corrected chi connectivity index (χ3v) is 4.56. The van der Waals surface area contributed by atoms with Crippen LogP contribution in [-0.4, -0.2) is 52.3 Å². The van der Waals surface area contributed by atoms with E-state index in [0.29, 0.717) is 29.4 Å². The standard InChI is InChI=1S/C12H16Cl2N2O2.C2HF3O2/c1-6-10(13)11(14)12(16-6)8(17)4-7-2-3-15-5-9(7)18;3-2(4,5)1(6)7/h7,9,15-16,18H,2-5H2,1H3;(H,6,7)/t7-,9+;/m0./s1. The van der Waals surface area contributed by atoms with Gasteiger partial charge in [0.1, 0.15) is 5.69 Å². The van der Waals surface area contributed by atoms with E-state index in [-0.39, 0.29) is 16.7 Å². The predicted octanol–water partition coefficient (Wildman–Crippen LogP) is 2.81. The number of hydrogen-bond donors (Lipinski definition) is 4. The molecule has 0 saturated carbocycles. The molecule has 0 aromatic carbocycles. The molecule has 0 spiro atoms. The predicted molar refractivity (Wildman–Crippen MR) is 85.2 cm³/mol. The summed E-state index contributed by atoms with van der Waals surface area (Å²) in [5, 5.41) is 20.7. The van der Waals surface area contributed by atoms with E-state index in [1.807, 2.05) is 0 Å². The molecular weight excluding hydrogens is 388 g/mol. The highest BCUT2D eigenvalue weighted by Gasteiger charge is 2.38. The van der Waals surface area contributed by atoms with Gasteiger partial charge in [0.15, 0.2) is 5.78 Å². The smallest absolute Gasteiger partial charge is 0.475 e. The number of aliphatic hydroxyl groups is 1. The molecule has 0 unspecified atom stereocenters. The van der Waals surface area contributed by atoms with Crippen LogP contribution in [0.25, 0.3) is 0 Å². The number of carbonyl (C=O) groups excluding carboxylic acids is 1. The van der Waals surface area contributed by atoms with Crippen molar-refractivity contribution >= 4 is 35.0 Å². The number of halogens is 5. The Hall–Kier alpha value is -1.29. The van der Waals surface area contributed by atoms with Crippen molar-refractivity contribution in [3.8, 4) is 0 Å². The number of hydrogen-bond acceptors (Lipinski definition) is 4. The zero-order valence-electron chi connectivity index (χ0n) is 13.1. The van der Waals surface area contributed by atoms with E-state index < -0.39 is 18.2 Å². The molecule has 1 aromatic heterocycles. The third-order valence-electron chi connectivity index (χ3n) is 3.61. The molecule has 1 fully saturated rings. The van der Waals surface area contributed by atoms with Crippen molar-refractivity contribution in [2.45, 2.75) is 32.0 Å². The van der Waals surface area contributed by atoms with Crippen molar-refractivity contribution in [3.63, 3.8) is 0 Å². The molecule has 0 amide bonds. The Morgan fingerprint density at radius 1 is 1.28 bits per heavy atom. The number of H-pyrrole nitrogens is 1. The average Bonchev–Trinajstić information content (AvgIpc) is 2.77. The lowest BCUT2D eigenvalue weighted by Crippen LogP contribution is -2.41. The van der Waals surface area contributed by atoms with Crippen LogP contribution in [0.15, 0.2) is 0 Å². The first-order valence-corrected chi connectivity index (χ1v) is 7.96. The van der Waals surface area contributed by atoms with Gasteiger partial charge in [-0.15, -0.1) is 0 Å². The van der Waals surface area contributed by atoms with E-state index in [4.69, 9.17) is 33.1 Å². The quantitative estimate of drug-likeness (QED) is 0.580. The van der Waals surface area contributed by atoms with Crippen LogP contribution in [-0.2, 0) is 4.79 Å². The van der Waals surface area contributed by atoms with Crippen molar-refractivity contribution < 1.29 is 33.0 Å². The first-order chi connectivity index (χ1) is 11.4. The fourth-order valence-electron chi connectivity index (χ4n) is 2.24. The number of β-amino-alcohol motifs (C(OH)–C–C–N with tert-alkyl or cyclic N) is 1. The summed E-state index contributed by atoms with van der Waals surface area (Å²) in [6.07, 6.45) is -4.48. The molecule has 11 heteroatoms. The van der Waals surface area contributed by atoms with Gasteiger partial charge >= 0.3 is 12.1 Å². The summed E-state index contributed by atoms with van der Waals surface area (Å²) in [5.41, 5.74) is 1.04. The molecular formula is C14H17Cl2F3N2O4. The normalized spacial score (nSPS) is 20.6. The molecule has 1 saturated heterocycles. The zero-order valence-corrected chi connectivity index (χ0v) is 14.6. The Kier molecular flexibility index (Phi) is 7.73. The second kappa shape index (κ2) is 8.88. The molecule has 1 aliphatic heterocycles. The van der Waals surface area contributed by atoms with E-state index in [1.54, 1.807) is 6.92 Å². The molecule has 2 atom stereocenters. The number of alkyl halides is 3. The Balaban J connectivity index is 0.000000381. The van der Waals surface area contributed by atoms with Crippen molar-refractivity contribution in [2.24, 2.45) is 5.92 Å². The van der Waals surface area contributed by atoms with Gasteiger partial charge in [0.05, 0.1) is 16.1 Å². The van der Waals surface area contributed by atoms with E-state index in [1.165, 1.54) is 0 Å². The van der Waals surface area contributed by atoms with Crippen LogP contribution in [0.4, 0.5) is 13.2 Å². The van der Waals surface area contributed by atoms with Crippen LogP contribution in [0.2, 0.25) is 10.0 Å². The molecule has 25 heavy (non-hydrogen) atoms. The lowest BCUT2D eigenvalue weighted by atomic mass is 9.89. The average molecular weight is 405 g/mol. The van der Waals surface area contributed by atoms with Crippen molar-refractivity contribution in [1.29, 1.82) is 0 Å². The van der Waals surface area contributed by atoms with Crippen LogP contribution in [0.5, 0.6) is 0 Å². The third kappa shape index (κ3) is 6.18. The van der Waals surface area contributed by atoms with Crippen molar-refractivity contribution in [1.82, 2.24) is 10.3 Å². The van der Waals surface area contributed by atoms with E-state index in [0.717, 1.165) is 13.0 Å². The molecule has 2 rings (SSSR count). The topological polar surface area (TPSA) is 102 Å². The van der Waals surface area contributed by atoms with Gasteiger partial charge in [0.25, 0.3) is 0 Å². The minimum absolute atomic E-state index is 0.0165. The summed E-state index contributed by atoms with van der Waals surface area (Å²) < 4.78 is 31.7. The summed E-state index contributed by atoms with van der Waals surface area (Å²) >= 11 is 11.9. The number of aliphatic hydroxyl groups excluding tert-OH is 1. The van der Waals surface area contributed by atoms with E-state index >= 15 is 0 Å². The van der Waals surface area contributed by atoms with Crippen LogP contribution in [0.3, 0.4) is 0 Å². The molecule has 6 nitrogen and oxygen atoms in total. The first-order valence-electron chi connectivity index (χ1n) is 7.20. The molecule has 0 aliphatic carbocycles. The number of rotatable bonds is 3. The number of ketones is 1. The number of aromatic nitrogens is 1. The second-order valence-electron chi connectivity index (χ2n) is 5.50. The molecule has 0 radical (unpaired) electrons. The maximum atomic E-state index is 12.1. The molecule has 0 bridgehead atoms. The highest BCUT2D eigenvalue weighted by molar-refractivity contribution is 6.44. The van der Waals surface area contributed by atoms with Gasteiger partial charge in [0, 0.05) is 18.7 Å². The van der Waals surface area contributed by atoms with Gasteiger partial charge in [-0.1, -0.05) is 23.2 Å². The lowest BCUT2D eigenvalue weighted by molar-refractivity contribution is -0.192. The molecule has 4 N–H and O–H groups in total. The van der Waals surface area contributed by atoms with Gasteiger partial charge < -0.3 is 20.5 Å². The van der Waals surface area contributed by atoms with Gasteiger partial charge in [-0.25, -0.2) is 4.79 Å². The molecule has 142 valence electrons. The highest BCUT2D eigenvalue weighted by Crippen LogP contribution is 2.31. The number of carbonyl (C=O) groups is 2. The fourth-order valence-corrected chi connectivity index (χ4v) is 2.67. The van der Waals surface area contributed by atoms with Crippen LogP contribution in [0, 0.1) is 12.8 Å². The number of aryl methyl sites for hydroxylation is 1. The number of nitrogens with one attached hydrogen (secondary N) is 2. The van der Waals surface area contributed by atoms with Crippen LogP contribution in [0.1, 0.15) is 29.0 Å². The van der Waals surface area contributed by atoms with Crippen molar-refractivity contribution in [2.75, 3.05) is 13.1 Å². The number of Topliss-reactive ketones (excluding diaryl/α,β-unsaturated/α-hetero) is 1. The van der Waals surface area contributed by atoms with Gasteiger partial charge in [-0.2, -0.15) is 13.2 Å². The highest BCUT2D eigenvalue weighted by atomic mass is 35.5. The van der Waals surface area contributed by atoms with Gasteiger partial charge in [-0.05, 0) is 25.8 Å². The summed E-state index contributed by atoms with van der Waals surface area (Å²) in [5.74, 6) is -2.87.